The van der Waals surface area contributed by atoms with Crippen LogP contribution in [0, 0.1) is 13.8 Å². The Morgan fingerprint density at radius 2 is 1.77 bits per heavy atom. The highest BCUT2D eigenvalue weighted by atomic mass is 19.4. The first-order valence-electron chi connectivity index (χ1n) is 9.07. The smallest absolute Gasteiger partial charge is 0.416 e. The molecular weight excluding hydrogens is 415 g/mol. The Morgan fingerprint density at radius 3 is 2.39 bits per heavy atom. The highest BCUT2D eigenvalue weighted by molar-refractivity contribution is 6.04. The van der Waals surface area contributed by atoms with Gasteiger partial charge < -0.3 is 19.9 Å². The van der Waals surface area contributed by atoms with E-state index in [-0.39, 0.29) is 11.6 Å². The number of benzene rings is 2. The Labute approximate surface area is 175 Å². The van der Waals surface area contributed by atoms with Gasteiger partial charge in [-0.05, 0) is 56.3 Å². The fraction of sp³-hybridized carbons (Fsp3) is 0.190. The molecule has 1 aromatic heterocycles. The molecule has 0 unspecified atom stereocenters. The summed E-state index contributed by atoms with van der Waals surface area (Å²) in [7, 11) is 0. The second-order valence-electron chi connectivity index (χ2n) is 6.59. The van der Waals surface area contributed by atoms with Crippen molar-refractivity contribution in [3.63, 3.8) is 0 Å². The van der Waals surface area contributed by atoms with Crippen molar-refractivity contribution in [1.82, 2.24) is 5.16 Å². The maximum absolute atomic E-state index is 12.7. The van der Waals surface area contributed by atoms with Crippen molar-refractivity contribution in [3.05, 3.63) is 71.1 Å². The van der Waals surface area contributed by atoms with E-state index in [9.17, 15) is 22.8 Å². The fourth-order valence-corrected chi connectivity index (χ4v) is 2.67. The van der Waals surface area contributed by atoms with Crippen LogP contribution in [-0.2, 0) is 11.0 Å². The summed E-state index contributed by atoms with van der Waals surface area (Å²) in [5.41, 5.74) is 0.543. The highest BCUT2D eigenvalue weighted by Gasteiger charge is 2.30. The molecule has 0 bridgehead atoms. The summed E-state index contributed by atoms with van der Waals surface area (Å²) in [5, 5.41) is 8.81. The first-order valence-corrected chi connectivity index (χ1v) is 9.07. The Morgan fingerprint density at radius 1 is 1.06 bits per heavy atom. The van der Waals surface area contributed by atoms with Gasteiger partial charge in [-0.15, -0.1) is 0 Å². The van der Waals surface area contributed by atoms with Gasteiger partial charge in [0.05, 0.1) is 5.56 Å². The molecule has 7 nitrogen and oxygen atoms in total. The molecule has 1 heterocycles. The SMILES string of the molecule is Cc1noc(C)c1NC(=O)c1ccc(OCC(=O)Nc2cccc(C(F)(F)F)c2)cc1. The maximum atomic E-state index is 12.7. The number of aryl methyl sites for hydroxylation is 2. The zero-order valence-electron chi connectivity index (χ0n) is 16.5. The van der Waals surface area contributed by atoms with Gasteiger partial charge in [-0.3, -0.25) is 9.59 Å². The standard InChI is InChI=1S/C21H18F3N3O4/c1-12-19(13(2)31-27-12)26-20(29)14-6-8-17(9-7-14)30-11-18(28)25-16-5-3-4-15(10-16)21(22,23)24/h3-10H,11H2,1-2H3,(H,25,28)(H,26,29). The summed E-state index contributed by atoms with van der Waals surface area (Å²) in [4.78, 5) is 24.3. The minimum atomic E-state index is -4.50. The van der Waals surface area contributed by atoms with Crippen LogP contribution < -0.4 is 15.4 Å². The Balaban J connectivity index is 1.54. The van der Waals surface area contributed by atoms with Gasteiger partial charge in [0.2, 0.25) is 0 Å². The van der Waals surface area contributed by atoms with Crippen molar-refractivity contribution in [3.8, 4) is 5.75 Å². The van der Waals surface area contributed by atoms with Crippen LogP contribution in [0.3, 0.4) is 0 Å². The van der Waals surface area contributed by atoms with Gasteiger partial charge in [0, 0.05) is 11.3 Å². The van der Waals surface area contributed by atoms with Gasteiger partial charge in [-0.2, -0.15) is 13.2 Å². The number of anilines is 2. The number of rotatable bonds is 6. The average Bonchev–Trinajstić information content (AvgIpc) is 3.04. The topological polar surface area (TPSA) is 93.5 Å². The number of amides is 2. The second-order valence-corrected chi connectivity index (χ2v) is 6.59. The second kappa shape index (κ2) is 8.90. The summed E-state index contributed by atoms with van der Waals surface area (Å²) in [6, 6.07) is 10.3. The number of hydrogen-bond acceptors (Lipinski definition) is 5. The molecular formula is C21H18F3N3O4. The summed E-state index contributed by atoms with van der Waals surface area (Å²) in [6.07, 6.45) is -4.50. The van der Waals surface area contributed by atoms with Gasteiger partial charge in [-0.1, -0.05) is 11.2 Å². The number of carbonyl (C=O) groups excluding carboxylic acids is 2. The van der Waals surface area contributed by atoms with Gasteiger partial charge >= 0.3 is 6.18 Å². The largest absolute Gasteiger partial charge is 0.484 e. The highest BCUT2D eigenvalue weighted by Crippen LogP contribution is 2.30. The van der Waals surface area contributed by atoms with Crippen LogP contribution in [0.1, 0.15) is 27.4 Å². The van der Waals surface area contributed by atoms with E-state index in [0.29, 0.717) is 28.5 Å². The van der Waals surface area contributed by atoms with E-state index in [1.165, 1.54) is 36.4 Å². The summed E-state index contributed by atoms with van der Waals surface area (Å²) >= 11 is 0. The van der Waals surface area contributed by atoms with Crippen LogP contribution in [0.5, 0.6) is 5.75 Å². The number of ether oxygens (including phenoxy) is 1. The van der Waals surface area contributed by atoms with Crippen molar-refractivity contribution in [2.24, 2.45) is 0 Å². The zero-order valence-corrected chi connectivity index (χ0v) is 16.5. The zero-order chi connectivity index (χ0) is 22.6. The number of aromatic nitrogens is 1. The van der Waals surface area contributed by atoms with E-state index in [2.05, 4.69) is 15.8 Å². The quantitative estimate of drug-likeness (QED) is 0.594. The van der Waals surface area contributed by atoms with Crippen LogP contribution in [0.4, 0.5) is 24.5 Å². The first kappa shape index (κ1) is 21.9. The predicted octanol–water partition coefficient (Wildman–Crippen LogP) is 4.58. The molecule has 2 aromatic carbocycles. The van der Waals surface area contributed by atoms with Crippen LogP contribution in [0.25, 0.3) is 0 Å². The lowest BCUT2D eigenvalue weighted by Gasteiger charge is -2.11. The van der Waals surface area contributed by atoms with Crippen LogP contribution in [0.2, 0.25) is 0 Å². The molecule has 0 aliphatic rings. The third-order valence-corrected chi connectivity index (χ3v) is 4.23. The van der Waals surface area contributed by atoms with E-state index < -0.39 is 24.3 Å². The predicted molar refractivity (Wildman–Crippen MR) is 106 cm³/mol. The lowest BCUT2D eigenvalue weighted by atomic mass is 10.2. The molecule has 0 aliphatic heterocycles. The molecule has 0 fully saturated rings. The molecule has 0 radical (unpaired) electrons. The first-order chi connectivity index (χ1) is 14.6. The third kappa shape index (κ3) is 5.62. The lowest BCUT2D eigenvalue weighted by molar-refractivity contribution is -0.137. The lowest BCUT2D eigenvalue weighted by Crippen LogP contribution is -2.20. The van der Waals surface area contributed by atoms with Gasteiger partial charge in [0.1, 0.15) is 17.1 Å². The normalized spacial score (nSPS) is 11.1. The number of carbonyl (C=O) groups is 2. The van der Waals surface area contributed by atoms with Crippen LogP contribution in [-0.4, -0.2) is 23.6 Å². The molecule has 0 saturated carbocycles. The van der Waals surface area contributed by atoms with Crippen molar-refractivity contribution in [2.45, 2.75) is 20.0 Å². The van der Waals surface area contributed by atoms with Crippen molar-refractivity contribution in [1.29, 1.82) is 0 Å². The average molecular weight is 433 g/mol. The van der Waals surface area contributed by atoms with E-state index in [1.807, 2.05) is 0 Å². The summed E-state index contributed by atoms with van der Waals surface area (Å²) < 4.78 is 48.5. The Bertz CT molecular complexity index is 1070. The summed E-state index contributed by atoms with van der Waals surface area (Å²) in [6.45, 7) is 2.96. The molecule has 0 aliphatic carbocycles. The number of alkyl halides is 3. The van der Waals surface area contributed by atoms with Crippen LogP contribution in [0.15, 0.2) is 53.1 Å². The van der Waals surface area contributed by atoms with E-state index in [0.717, 1.165) is 12.1 Å². The van der Waals surface area contributed by atoms with Crippen LogP contribution >= 0.6 is 0 Å². The molecule has 2 amide bonds. The minimum absolute atomic E-state index is 0.00904. The maximum Gasteiger partial charge on any atom is 0.416 e. The molecule has 10 heteroatoms. The number of halogens is 3. The molecule has 3 aromatic rings. The third-order valence-electron chi connectivity index (χ3n) is 4.23. The van der Waals surface area contributed by atoms with Crippen molar-refractivity contribution >= 4 is 23.2 Å². The number of hydrogen-bond donors (Lipinski definition) is 2. The minimum Gasteiger partial charge on any atom is -0.484 e. The summed E-state index contributed by atoms with van der Waals surface area (Å²) in [5.74, 6) is -0.201. The van der Waals surface area contributed by atoms with E-state index in [4.69, 9.17) is 9.26 Å². The molecule has 162 valence electrons. The Hall–Kier alpha value is -3.82. The van der Waals surface area contributed by atoms with Gasteiger partial charge in [-0.25, -0.2) is 0 Å². The van der Waals surface area contributed by atoms with Crippen molar-refractivity contribution < 1.29 is 32.0 Å². The molecule has 2 N–H and O–H groups in total. The molecule has 3 rings (SSSR count). The molecule has 0 spiro atoms. The van der Waals surface area contributed by atoms with Gasteiger partial charge in [0.15, 0.2) is 12.4 Å². The Kier molecular flexibility index (Phi) is 6.28. The van der Waals surface area contributed by atoms with Crippen molar-refractivity contribution in [2.75, 3.05) is 17.2 Å². The molecule has 0 saturated heterocycles. The van der Waals surface area contributed by atoms with E-state index >= 15 is 0 Å². The monoisotopic (exact) mass is 433 g/mol. The fourth-order valence-electron chi connectivity index (χ4n) is 2.67. The van der Waals surface area contributed by atoms with Gasteiger partial charge in [0.25, 0.3) is 11.8 Å². The number of nitrogens with one attached hydrogen (secondary N) is 2. The number of nitrogens with zero attached hydrogens (tertiary/aromatic N) is 1. The molecule has 0 atom stereocenters. The van der Waals surface area contributed by atoms with E-state index in [1.54, 1.807) is 13.8 Å². The molecule has 31 heavy (non-hydrogen) atoms.